The lowest BCUT2D eigenvalue weighted by molar-refractivity contribution is 0.147. The molecule has 0 saturated carbocycles. The van der Waals surface area contributed by atoms with Crippen LogP contribution in [0.5, 0.6) is 0 Å². The topological polar surface area (TPSA) is 120 Å². The monoisotopic (exact) mass is 638 g/mol. The van der Waals surface area contributed by atoms with Crippen molar-refractivity contribution in [3.05, 3.63) is 113 Å². The van der Waals surface area contributed by atoms with Crippen molar-refractivity contribution >= 4 is 39.4 Å². The Morgan fingerprint density at radius 2 is 1.84 bits per heavy atom. The van der Waals surface area contributed by atoms with E-state index in [1.54, 1.807) is 82.3 Å². The third kappa shape index (κ3) is 7.79. The Kier molecular flexibility index (Phi) is 10.0. The number of hydrogen-bond acceptors (Lipinski definition) is 8. The highest BCUT2D eigenvalue weighted by Crippen LogP contribution is 2.32. The zero-order valence-corrected chi connectivity index (χ0v) is 26.2. The van der Waals surface area contributed by atoms with E-state index < -0.39 is 33.7 Å². The maximum Gasteiger partial charge on any atom is 0.408 e. The van der Waals surface area contributed by atoms with Gasteiger partial charge in [0.1, 0.15) is 12.4 Å². The summed E-state index contributed by atoms with van der Waals surface area (Å²) in [4.78, 5) is 20.8. The first-order valence-electron chi connectivity index (χ1n) is 13.6. The first kappa shape index (κ1) is 32.6. The van der Waals surface area contributed by atoms with Crippen molar-refractivity contribution in [3.8, 4) is 11.3 Å². The fourth-order valence-electron chi connectivity index (χ4n) is 4.39. The van der Waals surface area contributed by atoms with Crippen LogP contribution in [0.25, 0.3) is 11.3 Å². The number of rotatable bonds is 11. The molecule has 1 atom stereocenters. The van der Waals surface area contributed by atoms with Gasteiger partial charge in [-0.05, 0) is 63.1 Å². The molecule has 4 aromatic rings. The van der Waals surface area contributed by atoms with E-state index in [1.807, 2.05) is 0 Å². The second kappa shape index (κ2) is 13.5. The lowest BCUT2D eigenvalue weighted by Crippen LogP contribution is -2.42. The normalized spacial score (nSPS) is 12.3. The van der Waals surface area contributed by atoms with E-state index in [0.717, 1.165) is 0 Å². The summed E-state index contributed by atoms with van der Waals surface area (Å²) in [5.74, 6) is -0.364. The summed E-state index contributed by atoms with van der Waals surface area (Å²) >= 11 is 6.38. The van der Waals surface area contributed by atoms with Gasteiger partial charge >= 0.3 is 6.09 Å². The number of carbonyl (C=O) groups excluding carboxylic acids is 1. The number of ether oxygens (including phenoxy) is 1. The summed E-state index contributed by atoms with van der Waals surface area (Å²) in [6.45, 7) is 10.2. The van der Waals surface area contributed by atoms with Crippen LogP contribution in [-0.4, -0.2) is 31.1 Å². The van der Waals surface area contributed by atoms with Crippen LogP contribution in [0.2, 0.25) is 5.02 Å². The summed E-state index contributed by atoms with van der Waals surface area (Å²) in [6.07, 6.45) is 1.41. The smallest absolute Gasteiger partial charge is 0.408 e. The van der Waals surface area contributed by atoms with Crippen molar-refractivity contribution in [1.82, 2.24) is 15.3 Å². The van der Waals surface area contributed by atoms with E-state index in [1.165, 1.54) is 24.4 Å². The highest BCUT2D eigenvalue weighted by molar-refractivity contribution is 7.86. The molecule has 0 bridgehead atoms. The summed E-state index contributed by atoms with van der Waals surface area (Å²) in [5.41, 5.74) is 1.74. The van der Waals surface area contributed by atoms with Crippen LogP contribution in [0.15, 0.2) is 90.5 Å². The second-order valence-corrected chi connectivity index (χ2v) is 12.4. The molecular formula is C32H32ClFN4O5S. The van der Waals surface area contributed by atoms with E-state index >= 15 is 4.39 Å². The average Bonchev–Trinajstić information content (AvgIpc) is 2.97. The van der Waals surface area contributed by atoms with Crippen molar-refractivity contribution < 1.29 is 26.5 Å². The molecule has 0 spiro atoms. The number of aromatic nitrogens is 2. The molecule has 44 heavy (non-hydrogen) atoms. The molecule has 3 aromatic carbocycles. The lowest BCUT2D eigenvalue weighted by Gasteiger charge is -2.27. The lowest BCUT2D eigenvalue weighted by atomic mass is 9.92. The van der Waals surface area contributed by atoms with Crippen LogP contribution >= 0.6 is 11.6 Å². The number of aryl methyl sites for hydroxylation is 1. The molecule has 2 N–H and O–H groups in total. The van der Waals surface area contributed by atoms with E-state index in [-0.39, 0.29) is 28.0 Å². The number of anilines is 2. The Hall–Kier alpha value is -4.32. The maximum absolute atomic E-state index is 15.3. The summed E-state index contributed by atoms with van der Waals surface area (Å²) in [6, 6.07) is 18.0. The number of halogens is 2. The number of amides is 1. The van der Waals surface area contributed by atoms with Gasteiger partial charge < -0.3 is 15.4 Å². The van der Waals surface area contributed by atoms with Crippen LogP contribution < -0.4 is 10.6 Å². The van der Waals surface area contributed by atoms with Crippen molar-refractivity contribution in [2.24, 2.45) is 0 Å². The van der Waals surface area contributed by atoms with E-state index in [0.29, 0.717) is 28.1 Å². The number of nitrogens with zero attached hydrogens (tertiary/aromatic N) is 2. The first-order chi connectivity index (χ1) is 20.8. The third-order valence-corrected chi connectivity index (χ3v) is 8.49. The molecule has 12 heteroatoms. The highest BCUT2D eigenvalue weighted by atomic mass is 35.5. The Bertz CT molecular complexity index is 1780. The van der Waals surface area contributed by atoms with Gasteiger partial charge in [-0.15, -0.1) is 0 Å². The van der Waals surface area contributed by atoms with E-state index in [9.17, 15) is 13.2 Å². The van der Waals surface area contributed by atoms with Gasteiger partial charge in [-0.2, -0.15) is 8.42 Å². The van der Waals surface area contributed by atoms with Crippen molar-refractivity contribution in [1.29, 1.82) is 0 Å². The fraction of sp³-hybridized carbons (Fsp3) is 0.219. The zero-order valence-electron chi connectivity index (χ0n) is 24.6. The predicted octanol–water partition coefficient (Wildman–Crippen LogP) is 7.60. The molecule has 1 unspecified atom stereocenters. The Balaban J connectivity index is 1.48. The standard InChI is InChI=1S/C32H32ClFN4O5S/c1-6-17-42-31(39)38-32(4,5)25-16-13-23(18-27(25)34)29-26(33)19-35-30(37-29)36-24-14-11-22(12-15-24)21(3)43-44(40,41)28-10-8-7-9-20(28)2/h6-16,18-19,21H,1,17H2,2-5H3,(H,38,39)(H,35,36,37). The number of nitrogens with one attached hydrogen (secondary N) is 2. The predicted molar refractivity (Wildman–Crippen MR) is 168 cm³/mol. The van der Waals surface area contributed by atoms with Crippen molar-refractivity contribution in [3.63, 3.8) is 0 Å². The van der Waals surface area contributed by atoms with E-state index in [2.05, 4.69) is 27.2 Å². The highest BCUT2D eigenvalue weighted by Gasteiger charge is 2.27. The van der Waals surface area contributed by atoms with Gasteiger partial charge in [-0.1, -0.05) is 66.7 Å². The molecule has 230 valence electrons. The molecule has 0 aliphatic rings. The number of benzene rings is 3. The number of alkyl carbamates (subject to hydrolysis) is 1. The quantitative estimate of drug-likeness (QED) is 0.127. The molecule has 1 heterocycles. The molecule has 0 aliphatic heterocycles. The average molecular weight is 639 g/mol. The van der Waals surface area contributed by atoms with Gasteiger partial charge in [-0.25, -0.2) is 19.2 Å². The Morgan fingerprint density at radius 1 is 1.14 bits per heavy atom. The van der Waals surface area contributed by atoms with E-state index in [4.69, 9.17) is 20.5 Å². The number of hydrogen-bond donors (Lipinski definition) is 2. The largest absolute Gasteiger partial charge is 0.445 e. The van der Waals surface area contributed by atoms with Crippen LogP contribution in [0.1, 0.15) is 43.6 Å². The minimum atomic E-state index is -3.96. The Morgan fingerprint density at radius 3 is 2.50 bits per heavy atom. The van der Waals surface area contributed by atoms with Gasteiger partial charge in [0, 0.05) is 16.8 Å². The zero-order chi connectivity index (χ0) is 32.1. The van der Waals surface area contributed by atoms with Crippen LogP contribution in [0.3, 0.4) is 0 Å². The summed E-state index contributed by atoms with van der Waals surface area (Å²) in [7, 11) is -3.96. The first-order valence-corrected chi connectivity index (χ1v) is 15.3. The Labute approximate surface area is 261 Å². The molecule has 1 aromatic heterocycles. The molecule has 0 fully saturated rings. The SMILES string of the molecule is C=CCOC(=O)NC(C)(C)c1ccc(-c2nc(Nc3ccc(C(C)OS(=O)(=O)c4ccccc4C)cc3)ncc2Cl)cc1F. The van der Waals surface area contributed by atoms with Crippen molar-refractivity contribution in [2.45, 2.75) is 44.2 Å². The summed E-state index contributed by atoms with van der Waals surface area (Å²) in [5, 5.41) is 5.93. The van der Waals surface area contributed by atoms with Gasteiger partial charge in [0.15, 0.2) is 0 Å². The van der Waals surface area contributed by atoms with Crippen LogP contribution in [-0.2, 0) is 24.6 Å². The maximum atomic E-state index is 15.3. The van der Waals surface area contributed by atoms with Gasteiger partial charge in [-0.3, -0.25) is 4.18 Å². The van der Waals surface area contributed by atoms with Crippen molar-refractivity contribution in [2.75, 3.05) is 11.9 Å². The summed E-state index contributed by atoms with van der Waals surface area (Å²) < 4.78 is 51.2. The molecule has 0 saturated heterocycles. The molecule has 9 nitrogen and oxygen atoms in total. The van der Waals surface area contributed by atoms with Crippen LogP contribution in [0.4, 0.5) is 20.8 Å². The minimum Gasteiger partial charge on any atom is -0.445 e. The van der Waals surface area contributed by atoms with Gasteiger partial charge in [0.2, 0.25) is 5.95 Å². The fourth-order valence-corrected chi connectivity index (χ4v) is 5.90. The third-order valence-electron chi connectivity index (χ3n) is 6.68. The molecular weight excluding hydrogens is 607 g/mol. The number of carbonyl (C=O) groups is 1. The molecule has 0 radical (unpaired) electrons. The van der Waals surface area contributed by atoms with Crippen LogP contribution in [0, 0.1) is 12.7 Å². The molecule has 4 rings (SSSR count). The van der Waals surface area contributed by atoms with Gasteiger partial charge in [0.25, 0.3) is 10.1 Å². The minimum absolute atomic E-state index is 0.0302. The molecule has 0 aliphatic carbocycles. The second-order valence-electron chi connectivity index (χ2n) is 10.4. The van der Waals surface area contributed by atoms with Gasteiger partial charge in [0.05, 0.1) is 33.5 Å². The molecule has 1 amide bonds.